The third-order valence-corrected chi connectivity index (χ3v) is 4.03. The Labute approximate surface area is 140 Å². The fourth-order valence-corrected chi connectivity index (χ4v) is 2.69. The van der Waals surface area contributed by atoms with Gasteiger partial charge in [0, 0.05) is 37.1 Å². The molecule has 6 nitrogen and oxygen atoms in total. The van der Waals surface area contributed by atoms with Crippen molar-refractivity contribution in [1.29, 1.82) is 0 Å². The SMILES string of the molecule is CC(=O)c1c[nH]c(C(=O)Nc2cccc(CN3CCOCC3)c2)c1. The summed E-state index contributed by atoms with van der Waals surface area (Å²) >= 11 is 0. The third-order valence-electron chi connectivity index (χ3n) is 4.03. The first-order valence-corrected chi connectivity index (χ1v) is 8.01. The fourth-order valence-electron chi connectivity index (χ4n) is 2.69. The lowest BCUT2D eigenvalue weighted by Gasteiger charge is -2.26. The molecule has 0 radical (unpaired) electrons. The van der Waals surface area contributed by atoms with Gasteiger partial charge in [-0.1, -0.05) is 12.1 Å². The summed E-state index contributed by atoms with van der Waals surface area (Å²) in [5.74, 6) is -0.330. The van der Waals surface area contributed by atoms with Crippen LogP contribution in [-0.2, 0) is 11.3 Å². The van der Waals surface area contributed by atoms with Crippen molar-refractivity contribution in [2.75, 3.05) is 31.6 Å². The first kappa shape index (κ1) is 16.4. The number of ketones is 1. The highest BCUT2D eigenvalue weighted by atomic mass is 16.5. The highest BCUT2D eigenvalue weighted by molar-refractivity contribution is 6.05. The van der Waals surface area contributed by atoms with E-state index in [1.165, 1.54) is 6.92 Å². The van der Waals surface area contributed by atoms with Gasteiger partial charge in [-0.25, -0.2) is 0 Å². The van der Waals surface area contributed by atoms with Gasteiger partial charge in [-0.3, -0.25) is 14.5 Å². The van der Waals surface area contributed by atoms with E-state index in [0.717, 1.165) is 44.1 Å². The molecule has 1 fully saturated rings. The van der Waals surface area contributed by atoms with E-state index in [2.05, 4.69) is 15.2 Å². The zero-order chi connectivity index (χ0) is 16.9. The molecular formula is C18H21N3O3. The number of amides is 1. The van der Waals surface area contributed by atoms with Crippen LogP contribution in [0.1, 0.15) is 33.3 Å². The molecule has 2 aromatic rings. The second kappa shape index (κ2) is 7.42. The number of anilines is 1. The third kappa shape index (κ3) is 4.10. The van der Waals surface area contributed by atoms with Gasteiger partial charge in [0.1, 0.15) is 5.69 Å². The summed E-state index contributed by atoms with van der Waals surface area (Å²) < 4.78 is 5.36. The van der Waals surface area contributed by atoms with Crippen molar-refractivity contribution in [3.05, 3.63) is 53.3 Å². The first-order chi connectivity index (χ1) is 11.6. The minimum atomic E-state index is -0.258. The molecule has 0 aliphatic carbocycles. The number of nitrogens with one attached hydrogen (secondary N) is 2. The van der Waals surface area contributed by atoms with Crippen LogP contribution in [0.3, 0.4) is 0 Å². The van der Waals surface area contributed by atoms with Crippen LogP contribution >= 0.6 is 0 Å². The maximum absolute atomic E-state index is 12.3. The summed E-state index contributed by atoms with van der Waals surface area (Å²) in [5, 5.41) is 2.86. The summed E-state index contributed by atoms with van der Waals surface area (Å²) in [6, 6.07) is 9.38. The number of carbonyl (C=O) groups is 2. The molecule has 1 aromatic carbocycles. The molecule has 2 heterocycles. The minimum Gasteiger partial charge on any atom is -0.379 e. The van der Waals surface area contributed by atoms with Crippen molar-refractivity contribution in [3.63, 3.8) is 0 Å². The minimum absolute atomic E-state index is 0.0715. The number of hydrogen-bond acceptors (Lipinski definition) is 4. The van der Waals surface area contributed by atoms with Crippen LogP contribution in [0.15, 0.2) is 36.5 Å². The van der Waals surface area contributed by atoms with Crippen LogP contribution in [0.5, 0.6) is 0 Å². The summed E-state index contributed by atoms with van der Waals surface area (Å²) in [6.07, 6.45) is 1.55. The first-order valence-electron chi connectivity index (χ1n) is 8.01. The van der Waals surface area contributed by atoms with Crippen LogP contribution in [0.4, 0.5) is 5.69 Å². The van der Waals surface area contributed by atoms with Crippen molar-refractivity contribution in [2.24, 2.45) is 0 Å². The van der Waals surface area contributed by atoms with Gasteiger partial charge < -0.3 is 15.0 Å². The number of carbonyl (C=O) groups excluding carboxylic acids is 2. The van der Waals surface area contributed by atoms with Crippen LogP contribution in [0, 0.1) is 0 Å². The van der Waals surface area contributed by atoms with Gasteiger partial charge in [-0.05, 0) is 30.7 Å². The van der Waals surface area contributed by atoms with E-state index in [9.17, 15) is 9.59 Å². The molecule has 0 saturated carbocycles. The highest BCUT2D eigenvalue weighted by Gasteiger charge is 2.13. The van der Waals surface area contributed by atoms with Crippen molar-refractivity contribution < 1.29 is 14.3 Å². The fraction of sp³-hybridized carbons (Fsp3) is 0.333. The van der Waals surface area contributed by atoms with Gasteiger partial charge in [-0.15, -0.1) is 0 Å². The van der Waals surface area contributed by atoms with Crippen LogP contribution < -0.4 is 5.32 Å². The number of aromatic amines is 1. The summed E-state index contributed by atoms with van der Waals surface area (Å²) in [6.45, 7) is 5.69. The molecule has 0 bridgehead atoms. The standard InChI is InChI=1S/C18H21N3O3/c1-13(22)15-10-17(19-11-15)18(23)20-16-4-2-3-14(9-16)12-21-5-7-24-8-6-21/h2-4,9-11,19H,5-8,12H2,1H3,(H,20,23). The zero-order valence-electron chi connectivity index (χ0n) is 13.7. The van der Waals surface area contributed by atoms with Crippen LogP contribution in [0.2, 0.25) is 0 Å². The van der Waals surface area contributed by atoms with E-state index < -0.39 is 0 Å². The normalized spacial score (nSPS) is 15.2. The molecule has 3 rings (SSSR count). The Morgan fingerprint density at radius 3 is 2.75 bits per heavy atom. The van der Waals surface area contributed by atoms with E-state index in [1.807, 2.05) is 24.3 Å². The number of H-pyrrole nitrogens is 1. The van der Waals surface area contributed by atoms with Gasteiger partial charge in [-0.2, -0.15) is 0 Å². The van der Waals surface area contributed by atoms with Crippen LogP contribution in [-0.4, -0.2) is 47.9 Å². The van der Waals surface area contributed by atoms with E-state index in [1.54, 1.807) is 12.3 Å². The van der Waals surface area contributed by atoms with Gasteiger partial charge in [0.05, 0.1) is 13.2 Å². The maximum Gasteiger partial charge on any atom is 0.272 e. The Balaban J connectivity index is 1.64. The molecule has 126 valence electrons. The summed E-state index contributed by atoms with van der Waals surface area (Å²) in [5.41, 5.74) is 2.76. The monoisotopic (exact) mass is 327 g/mol. The van der Waals surface area contributed by atoms with Crippen LogP contribution in [0.25, 0.3) is 0 Å². The molecular weight excluding hydrogens is 306 g/mol. The Morgan fingerprint density at radius 2 is 2.04 bits per heavy atom. The van der Waals surface area contributed by atoms with E-state index in [4.69, 9.17) is 4.74 Å². The average molecular weight is 327 g/mol. The number of rotatable bonds is 5. The Kier molecular flexibility index (Phi) is 5.08. The largest absolute Gasteiger partial charge is 0.379 e. The summed E-state index contributed by atoms with van der Waals surface area (Å²) in [4.78, 5) is 28.7. The van der Waals surface area contributed by atoms with Gasteiger partial charge in [0.2, 0.25) is 0 Å². The van der Waals surface area contributed by atoms with Crippen molar-refractivity contribution >= 4 is 17.4 Å². The number of morpholine rings is 1. The second-order valence-corrected chi connectivity index (χ2v) is 5.90. The number of ether oxygens (including phenoxy) is 1. The summed E-state index contributed by atoms with van der Waals surface area (Å²) in [7, 11) is 0. The Bertz CT molecular complexity index is 733. The Hall–Kier alpha value is -2.44. The molecule has 0 spiro atoms. The predicted octanol–water partition coefficient (Wildman–Crippen LogP) is 2.30. The van der Waals surface area contributed by atoms with E-state index >= 15 is 0 Å². The van der Waals surface area contributed by atoms with Crippen molar-refractivity contribution in [3.8, 4) is 0 Å². The molecule has 0 atom stereocenters. The Morgan fingerprint density at radius 1 is 1.25 bits per heavy atom. The van der Waals surface area contributed by atoms with E-state index in [0.29, 0.717) is 11.3 Å². The van der Waals surface area contributed by atoms with E-state index in [-0.39, 0.29) is 11.7 Å². The average Bonchev–Trinajstić information content (AvgIpc) is 3.06. The molecule has 0 unspecified atom stereocenters. The second-order valence-electron chi connectivity index (χ2n) is 5.90. The lowest BCUT2D eigenvalue weighted by molar-refractivity contribution is 0.0342. The molecule has 6 heteroatoms. The molecule has 1 saturated heterocycles. The number of nitrogens with zero attached hydrogens (tertiary/aromatic N) is 1. The molecule has 24 heavy (non-hydrogen) atoms. The van der Waals surface area contributed by atoms with Gasteiger partial charge >= 0.3 is 0 Å². The zero-order valence-corrected chi connectivity index (χ0v) is 13.7. The van der Waals surface area contributed by atoms with Crippen molar-refractivity contribution in [1.82, 2.24) is 9.88 Å². The smallest absolute Gasteiger partial charge is 0.272 e. The maximum atomic E-state index is 12.3. The molecule has 1 amide bonds. The van der Waals surface area contributed by atoms with Gasteiger partial charge in [0.25, 0.3) is 5.91 Å². The van der Waals surface area contributed by atoms with Crippen molar-refractivity contribution in [2.45, 2.75) is 13.5 Å². The topological polar surface area (TPSA) is 74.4 Å². The lowest BCUT2D eigenvalue weighted by atomic mass is 10.1. The predicted molar refractivity (Wildman–Crippen MR) is 91.3 cm³/mol. The molecule has 1 aliphatic heterocycles. The molecule has 1 aromatic heterocycles. The lowest BCUT2D eigenvalue weighted by Crippen LogP contribution is -2.35. The molecule has 2 N–H and O–H groups in total. The number of aromatic nitrogens is 1. The quantitative estimate of drug-likeness (QED) is 0.827. The number of hydrogen-bond donors (Lipinski definition) is 2. The number of benzene rings is 1. The molecule has 1 aliphatic rings. The van der Waals surface area contributed by atoms with Gasteiger partial charge in [0.15, 0.2) is 5.78 Å². The number of Topliss-reactive ketones (excluding diaryl/α,β-unsaturated/α-hetero) is 1. The highest BCUT2D eigenvalue weighted by Crippen LogP contribution is 2.15.